The summed E-state index contributed by atoms with van der Waals surface area (Å²) in [6.45, 7) is 2.70. The van der Waals surface area contributed by atoms with E-state index in [-0.39, 0.29) is 0 Å². The van der Waals surface area contributed by atoms with Crippen LogP contribution in [0.25, 0.3) is 22.3 Å². The molecule has 0 amide bonds. The summed E-state index contributed by atoms with van der Waals surface area (Å²) in [6, 6.07) is 6.16. The van der Waals surface area contributed by atoms with Crippen LogP contribution in [0.4, 0.5) is 0 Å². The molecular formula is C14H17N5. The molecule has 0 aliphatic heterocycles. The van der Waals surface area contributed by atoms with Crippen LogP contribution >= 0.6 is 0 Å². The lowest BCUT2D eigenvalue weighted by Crippen LogP contribution is -2.08. The largest absolute Gasteiger partial charge is 0.345 e. The van der Waals surface area contributed by atoms with Crippen molar-refractivity contribution < 1.29 is 0 Å². The molecular weight excluding hydrogens is 238 g/mol. The maximum atomic E-state index is 5.62. The smallest absolute Gasteiger partial charge is 0.110 e. The highest BCUT2D eigenvalue weighted by Gasteiger charge is 2.13. The molecule has 0 fully saturated rings. The number of hydrogen-bond acceptors (Lipinski definition) is 3. The average Bonchev–Trinajstić information content (AvgIpc) is 2.98. The van der Waals surface area contributed by atoms with Crippen molar-refractivity contribution in [1.29, 1.82) is 0 Å². The predicted molar refractivity (Wildman–Crippen MR) is 75.8 cm³/mol. The van der Waals surface area contributed by atoms with Gasteiger partial charge in [-0.05, 0) is 25.6 Å². The molecule has 2 heterocycles. The maximum Gasteiger partial charge on any atom is 0.110 e. The molecule has 3 N–H and O–H groups in total. The number of nitrogens with zero attached hydrogens (tertiary/aromatic N) is 3. The number of fused-ring (bicyclic) bond motifs is 1. The van der Waals surface area contributed by atoms with Crippen LogP contribution in [0.2, 0.25) is 0 Å². The Hall–Kier alpha value is -2.14. The van der Waals surface area contributed by atoms with Crippen molar-refractivity contribution in [3.8, 4) is 11.3 Å². The monoisotopic (exact) mass is 255 g/mol. The predicted octanol–water partition coefficient (Wildman–Crippen LogP) is 1.77. The maximum absolute atomic E-state index is 5.62. The van der Waals surface area contributed by atoms with Crippen LogP contribution in [0.1, 0.15) is 11.5 Å². The molecule has 0 radical (unpaired) electrons. The van der Waals surface area contributed by atoms with Crippen LogP contribution in [0.5, 0.6) is 0 Å². The number of aromatic nitrogens is 4. The minimum absolute atomic E-state index is 0.614. The Labute approximate surface area is 111 Å². The van der Waals surface area contributed by atoms with Crippen molar-refractivity contribution in [2.45, 2.75) is 13.3 Å². The first kappa shape index (κ1) is 11.9. The zero-order valence-corrected chi connectivity index (χ0v) is 11.1. The third-order valence-corrected chi connectivity index (χ3v) is 3.54. The highest BCUT2D eigenvalue weighted by Crippen LogP contribution is 2.25. The van der Waals surface area contributed by atoms with Gasteiger partial charge in [-0.25, -0.2) is 9.97 Å². The van der Waals surface area contributed by atoms with Gasteiger partial charge in [0.15, 0.2) is 0 Å². The van der Waals surface area contributed by atoms with Gasteiger partial charge < -0.3 is 15.3 Å². The summed E-state index contributed by atoms with van der Waals surface area (Å²) >= 11 is 0. The molecule has 5 heteroatoms. The van der Waals surface area contributed by atoms with Crippen molar-refractivity contribution in [2.24, 2.45) is 12.8 Å². The molecule has 0 spiro atoms. The van der Waals surface area contributed by atoms with E-state index in [0.29, 0.717) is 6.54 Å². The van der Waals surface area contributed by atoms with Crippen molar-refractivity contribution in [3.63, 3.8) is 0 Å². The molecule has 19 heavy (non-hydrogen) atoms. The number of nitrogens with one attached hydrogen (secondary N) is 1. The van der Waals surface area contributed by atoms with E-state index in [1.54, 1.807) is 6.33 Å². The van der Waals surface area contributed by atoms with Crippen LogP contribution in [0.3, 0.4) is 0 Å². The van der Waals surface area contributed by atoms with E-state index in [0.717, 1.165) is 40.2 Å². The molecule has 0 saturated heterocycles. The highest BCUT2D eigenvalue weighted by atomic mass is 15.1. The lowest BCUT2D eigenvalue weighted by atomic mass is 10.1. The minimum atomic E-state index is 0.614. The Balaban J connectivity index is 2.12. The van der Waals surface area contributed by atoms with Crippen molar-refractivity contribution in [3.05, 3.63) is 36.0 Å². The van der Waals surface area contributed by atoms with Crippen molar-refractivity contribution in [1.82, 2.24) is 19.5 Å². The summed E-state index contributed by atoms with van der Waals surface area (Å²) in [7, 11) is 2.03. The Bertz CT molecular complexity index is 723. The molecule has 5 nitrogen and oxygen atoms in total. The van der Waals surface area contributed by atoms with Gasteiger partial charge in [0.25, 0.3) is 0 Å². The number of H-pyrrole nitrogens is 1. The van der Waals surface area contributed by atoms with Gasteiger partial charge in [0.2, 0.25) is 0 Å². The number of nitrogens with two attached hydrogens (primary N) is 1. The van der Waals surface area contributed by atoms with Crippen LogP contribution in [0.15, 0.2) is 24.5 Å². The van der Waals surface area contributed by atoms with Crippen LogP contribution in [-0.2, 0) is 13.5 Å². The normalized spacial score (nSPS) is 11.3. The molecule has 0 saturated carbocycles. The summed E-state index contributed by atoms with van der Waals surface area (Å²) in [5.74, 6) is 1.03. The van der Waals surface area contributed by atoms with E-state index < -0.39 is 0 Å². The van der Waals surface area contributed by atoms with E-state index in [9.17, 15) is 0 Å². The summed E-state index contributed by atoms with van der Waals surface area (Å²) in [4.78, 5) is 12.1. The number of hydrogen-bond donors (Lipinski definition) is 2. The molecule has 0 atom stereocenters. The second kappa shape index (κ2) is 4.51. The molecule has 0 bridgehead atoms. The first-order chi connectivity index (χ1) is 9.20. The van der Waals surface area contributed by atoms with Crippen molar-refractivity contribution in [2.75, 3.05) is 6.54 Å². The van der Waals surface area contributed by atoms with Crippen LogP contribution in [0, 0.1) is 6.92 Å². The molecule has 1 aromatic carbocycles. The molecule has 2 aromatic heterocycles. The fraction of sp³-hybridized carbons (Fsp3) is 0.286. The van der Waals surface area contributed by atoms with Gasteiger partial charge in [0.05, 0.1) is 23.1 Å². The minimum Gasteiger partial charge on any atom is -0.345 e. The second-order valence-corrected chi connectivity index (χ2v) is 4.69. The van der Waals surface area contributed by atoms with Gasteiger partial charge >= 0.3 is 0 Å². The standard InChI is InChI=1S/C14H17N5/c1-9-14(18-13(5-6-15)19(9)2)10-3-4-11-12(7-10)17-8-16-11/h3-4,7-8H,5-6,15H2,1-2H3,(H,16,17). The summed E-state index contributed by atoms with van der Waals surface area (Å²) in [6.07, 6.45) is 2.50. The Morgan fingerprint density at radius 2 is 2.21 bits per heavy atom. The van der Waals surface area contributed by atoms with Gasteiger partial charge in [0, 0.05) is 24.7 Å². The van der Waals surface area contributed by atoms with Crippen molar-refractivity contribution >= 4 is 11.0 Å². The average molecular weight is 255 g/mol. The zero-order valence-electron chi connectivity index (χ0n) is 11.1. The summed E-state index contributed by atoms with van der Waals surface area (Å²) in [5, 5.41) is 0. The van der Waals surface area contributed by atoms with E-state index >= 15 is 0 Å². The molecule has 0 unspecified atom stereocenters. The number of rotatable bonds is 3. The van der Waals surface area contributed by atoms with Crippen LogP contribution < -0.4 is 5.73 Å². The van der Waals surface area contributed by atoms with Gasteiger partial charge in [-0.1, -0.05) is 6.07 Å². The summed E-state index contributed by atoms with van der Waals surface area (Å²) in [5.41, 5.74) is 10.9. The van der Waals surface area contributed by atoms with E-state index in [2.05, 4.69) is 33.6 Å². The highest BCUT2D eigenvalue weighted by molar-refractivity contribution is 5.81. The molecule has 3 rings (SSSR count). The van der Waals surface area contributed by atoms with Gasteiger partial charge in [-0.2, -0.15) is 0 Å². The first-order valence-corrected chi connectivity index (χ1v) is 6.36. The number of imidazole rings is 2. The third kappa shape index (κ3) is 1.92. The molecule has 3 aromatic rings. The number of benzene rings is 1. The SMILES string of the molecule is Cc1c(-c2ccc3nc[nH]c3c2)nc(CCN)n1C. The molecule has 98 valence electrons. The number of aromatic amines is 1. The topological polar surface area (TPSA) is 72.5 Å². The Kier molecular flexibility index (Phi) is 2.83. The van der Waals surface area contributed by atoms with E-state index in [1.165, 1.54) is 0 Å². The fourth-order valence-electron chi connectivity index (χ4n) is 2.35. The Morgan fingerprint density at radius 1 is 1.37 bits per heavy atom. The van der Waals surface area contributed by atoms with Crippen LogP contribution in [-0.4, -0.2) is 26.1 Å². The fourth-order valence-corrected chi connectivity index (χ4v) is 2.35. The van der Waals surface area contributed by atoms with Gasteiger partial charge in [0.1, 0.15) is 5.82 Å². The first-order valence-electron chi connectivity index (χ1n) is 6.36. The quantitative estimate of drug-likeness (QED) is 0.749. The van der Waals surface area contributed by atoms with Gasteiger partial charge in [-0.3, -0.25) is 0 Å². The lowest BCUT2D eigenvalue weighted by molar-refractivity contribution is 0.761. The van der Waals surface area contributed by atoms with Gasteiger partial charge in [-0.15, -0.1) is 0 Å². The zero-order chi connectivity index (χ0) is 13.4. The third-order valence-electron chi connectivity index (χ3n) is 3.54. The Morgan fingerprint density at radius 3 is 3.00 bits per heavy atom. The molecule has 0 aliphatic carbocycles. The van der Waals surface area contributed by atoms with E-state index in [4.69, 9.17) is 10.7 Å². The van der Waals surface area contributed by atoms with E-state index in [1.807, 2.05) is 13.1 Å². The lowest BCUT2D eigenvalue weighted by Gasteiger charge is -2.01. The summed E-state index contributed by atoms with van der Waals surface area (Å²) < 4.78 is 2.11. The molecule has 0 aliphatic rings. The second-order valence-electron chi connectivity index (χ2n) is 4.69.